The van der Waals surface area contributed by atoms with E-state index in [1.807, 2.05) is 12.1 Å². The van der Waals surface area contributed by atoms with Crippen LogP contribution in [-0.4, -0.2) is 39.1 Å². The molecule has 1 aliphatic heterocycles. The lowest BCUT2D eigenvalue weighted by molar-refractivity contribution is -0.175. The van der Waals surface area contributed by atoms with Crippen LogP contribution >= 0.6 is 15.9 Å². The first-order valence-corrected chi connectivity index (χ1v) is 7.44. The fourth-order valence-corrected chi connectivity index (χ4v) is 2.88. The van der Waals surface area contributed by atoms with Crippen LogP contribution in [0.4, 0.5) is 13.2 Å². The molecule has 0 fully saturated rings. The van der Waals surface area contributed by atoms with Crippen molar-refractivity contribution in [3.8, 4) is 5.75 Å². The zero-order chi connectivity index (χ0) is 15.5. The minimum Gasteiger partial charge on any atom is -0.493 e. The standard InChI is InChI=1S/C14H17BrF3NO2/c1-19-12(7-20-8-14(16,17)18)6-10-5-11(15)4-9-2-3-21-13(9)10/h4-5,12,19H,2-3,6-8H2,1H3. The molecule has 0 saturated carbocycles. The SMILES string of the molecule is CNC(COCC(F)(F)F)Cc1cc(Br)cc2c1OCC2. The van der Waals surface area contributed by atoms with Crippen molar-refractivity contribution in [1.29, 1.82) is 0 Å². The van der Waals surface area contributed by atoms with E-state index in [1.54, 1.807) is 7.05 Å². The average molecular weight is 368 g/mol. The van der Waals surface area contributed by atoms with Crippen molar-refractivity contribution in [1.82, 2.24) is 5.32 Å². The van der Waals surface area contributed by atoms with Gasteiger partial charge in [0.1, 0.15) is 12.4 Å². The number of alkyl halides is 3. The second-order valence-electron chi connectivity index (χ2n) is 4.97. The minimum atomic E-state index is -4.29. The Bertz CT molecular complexity index is 494. The highest BCUT2D eigenvalue weighted by Gasteiger charge is 2.28. The number of likely N-dealkylation sites (N-methyl/N-ethyl adjacent to an activating group) is 1. The normalized spacial score (nSPS) is 15.7. The molecule has 1 aromatic rings. The van der Waals surface area contributed by atoms with Gasteiger partial charge >= 0.3 is 6.18 Å². The summed E-state index contributed by atoms with van der Waals surface area (Å²) >= 11 is 3.45. The lowest BCUT2D eigenvalue weighted by Crippen LogP contribution is -2.34. The Kier molecular flexibility index (Phi) is 5.51. The number of halogens is 4. The van der Waals surface area contributed by atoms with Crippen molar-refractivity contribution in [3.63, 3.8) is 0 Å². The number of nitrogens with one attached hydrogen (secondary N) is 1. The number of benzene rings is 1. The molecule has 1 aliphatic rings. The molecule has 1 atom stereocenters. The molecule has 1 heterocycles. The van der Waals surface area contributed by atoms with E-state index in [-0.39, 0.29) is 12.6 Å². The molecule has 0 aromatic heterocycles. The molecule has 0 amide bonds. The lowest BCUT2D eigenvalue weighted by Gasteiger charge is -2.19. The second kappa shape index (κ2) is 6.98. The molecule has 0 radical (unpaired) electrons. The summed E-state index contributed by atoms with van der Waals surface area (Å²) in [5.41, 5.74) is 2.11. The van der Waals surface area contributed by atoms with Crippen molar-refractivity contribution >= 4 is 15.9 Å². The lowest BCUT2D eigenvalue weighted by atomic mass is 10.0. The van der Waals surface area contributed by atoms with Crippen LogP contribution < -0.4 is 10.1 Å². The third kappa shape index (κ3) is 4.86. The van der Waals surface area contributed by atoms with Crippen molar-refractivity contribution in [2.24, 2.45) is 0 Å². The van der Waals surface area contributed by atoms with Gasteiger partial charge in [-0.3, -0.25) is 0 Å². The van der Waals surface area contributed by atoms with Gasteiger partial charge in [0, 0.05) is 16.9 Å². The van der Waals surface area contributed by atoms with Crippen LogP contribution in [0.3, 0.4) is 0 Å². The smallest absolute Gasteiger partial charge is 0.411 e. The van der Waals surface area contributed by atoms with E-state index >= 15 is 0 Å². The van der Waals surface area contributed by atoms with Crippen LogP contribution in [0.2, 0.25) is 0 Å². The van der Waals surface area contributed by atoms with E-state index in [0.717, 1.165) is 27.8 Å². The summed E-state index contributed by atoms with van der Waals surface area (Å²) < 4.78 is 47.6. The molecule has 1 N–H and O–H groups in total. The molecule has 7 heteroatoms. The monoisotopic (exact) mass is 367 g/mol. The summed E-state index contributed by atoms with van der Waals surface area (Å²) in [5, 5.41) is 2.98. The van der Waals surface area contributed by atoms with Crippen molar-refractivity contribution < 1.29 is 22.6 Å². The highest BCUT2D eigenvalue weighted by molar-refractivity contribution is 9.10. The van der Waals surface area contributed by atoms with Crippen LogP contribution in [0.25, 0.3) is 0 Å². The molecule has 0 bridgehead atoms. The van der Waals surface area contributed by atoms with Gasteiger partial charge in [-0.05, 0) is 36.7 Å². The zero-order valence-electron chi connectivity index (χ0n) is 11.6. The van der Waals surface area contributed by atoms with Crippen molar-refractivity contribution in [2.45, 2.75) is 25.1 Å². The molecule has 21 heavy (non-hydrogen) atoms. The van der Waals surface area contributed by atoms with Crippen LogP contribution in [0.15, 0.2) is 16.6 Å². The van der Waals surface area contributed by atoms with E-state index < -0.39 is 12.8 Å². The highest BCUT2D eigenvalue weighted by atomic mass is 79.9. The van der Waals surface area contributed by atoms with Gasteiger partial charge in [-0.25, -0.2) is 0 Å². The highest BCUT2D eigenvalue weighted by Crippen LogP contribution is 2.33. The maximum absolute atomic E-state index is 12.1. The van der Waals surface area contributed by atoms with Gasteiger partial charge in [0.15, 0.2) is 0 Å². The van der Waals surface area contributed by atoms with Crippen LogP contribution in [-0.2, 0) is 17.6 Å². The Morgan fingerprint density at radius 3 is 2.86 bits per heavy atom. The van der Waals surface area contributed by atoms with Gasteiger partial charge in [-0.1, -0.05) is 15.9 Å². The van der Waals surface area contributed by atoms with Crippen LogP contribution in [0.1, 0.15) is 11.1 Å². The Morgan fingerprint density at radius 2 is 2.19 bits per heavy atom. The fourth-order valence-electron chi connectivity index (χ4n) is 2.32. The molecule has 0 saturated heterocycles. The number of fused-ring (bicyclic) bond motifs is 1. The predicted molar refractivity (Wildman–Crippen MR) is 76.8 cm³/mol. The number of hydrogen-bond acceptors (Lipinski definition) is 3. The molecule has 3 nitrogen and oxygen atoms in total. The second-order valence-corrected chi connectivity index (χ2v) is 5.89. The van der Waals surface area contributed by atoms with Gasteiger partial charge in [-0.15, -0.1) is 0 Å². The van der Waals surface area contributed by atoms with E-state index in [2.05, 4.69) is 21.2 Å². The number of hydrogen-bond donors (Lipinski definition) is 1. The third-order valence-corrected chi connectivity index (χ3v) is 3.74. The summed E-state index contributed by atoms with van der Waals surface area (Å²) in [4.78, 5) is 0. The third-order valence-electron chi connectivity index (χ3n) is 3.28. The summed E-state index contributed by atoms with van der Waals surface area (Å²) in [6.07, 6.45) is -2.88. The molecule has 0 spiro atoms. The minimum absolute atomic E-state index is 0.00268. The van der Waals surface area contributed by atoms with Crippen molar-refractivity contribution in [2.75, 3.05) is 26.9 Å². The Hall–Kier alpha value is -0.790. The molecule has 0 aliphatic carbocycles. The first-order valence-electron chi connectivity index (χ1n) is 6.65. The number of ether oxygens (including phenoxy) is 2. The Labute approximate surface area is 129 Å². The van der Waals surface area contributed by atoms with E-state index in [9.17, 15) is 13.2 Å². The maximum atomic E-state index is 12.1. The van der Waals surface area contributed by atoms with Crippen LogP contribution in [0.5, 0.6) is 5.75 Å². The molecule has 1 unspecified atom stereocenters. The molecule has 118 valence electrons. The summed E-state index contributed by atoms with van der Waals surface area (Å²) in [7, 11) is 1.71. The van der Waals surface area contributed by atoms with E-state index in [0.29, 0.717) is 13.0 Å². The van der Waals surface area contributed by atoms with Crippen molar-refractivity contribution in [3.05, 3.63) is 27.7 Å². The molecule has 2 rings (SSSR count). The van der Waals surface area contributed by atoms with E-state index in [4.69, 9.17) is 9.47 Å². The molecular weight excluding hydrogens is 351 g/mol. The number of rotatable bonds is 6. The first kappa shape index (κ1) is 16.6. The van der Waals surface area contributed by atoms with Crippen LogP contribution in [0, 0.1) is 0 Å². The van der Waals surface area contributed by atoms with Gasteiger partial charge in [0.05, 0.1) is 13.2 Å². The summed E-state index contributed by atoms with van der Waals surface area (Å²) in [6.45, 7) is -0.580. The Morgan fingerprint density at radius 1 is 1.43 bits per heavy atom. The maximum Gasteiger partial charge on any atom is 0.411 e. The molecular formula is C14H17BrF3NO2. The van der Waals surface area contributed by atoms with Gasteiger partial charge in [-0.2, -0.15) is 13.2 Å². The largest absolute Gasteiger partial charge is 0.493 e. The quantitative estimate of drug-likeness (QED) is 0.837. The predicted octanol–water partition coefficient (Wildman–Crippen LogP) is 3.09. The van der Waals surface area contributed by atoms with Gasteiger partial charge < -0.3 is 14.8 Å². The summed E-state index contributed by atoms with van der Waals surface area (Å²) in [5.74, 6) is 0.856. The summed E-state index contributed by atoms with van der Waals surface area (Å²) in [6, 6.07) is 3.76. The first-order chi connectivity index (χ1) is 9.89. The van der Waals surface area contributed by atoms with E-state index in [1.165, 1.54) is 0 Å². The topological polar surface area (TPSA) is 30.5 Å². The molecule has 1 aromatic carbocycles. The Balaban J connectivity index is 1.99. The average Bonchev–Trinajstić information content (AvgIpc) is 2.84. The van der Waals surface area contributed by atoms with Gasteiger partial charge in [0.2, 0.25) is 0 Å². The zero-order valence-corrected chi connectivity index (χ0v) is 13.2. The fraction of sp³-hybridized carbons (Fsp3) is 0.571. The van der Waals surface area contributed by atoms with Gasteiger partial charge in [0.25, 0.3) is 0 Å².